The molecule has 0 aliphatic carbocycles. The number of anilines is 1. The molecule has 2 heterocycles. The Balaban J connectivity index is 1.98. The molecule has 0 spiro atoms. The number of aliphatic carboxylic acids is 1. The molecule has 1 aliphatic heterocycles. The van der Waals surface area contributed by atoms with Crippen molar-refractivity contribution in [1.29, 1.82) is 0 Å². The van der Waals surface area contributed by atoms with E-state index in [9.17, 15) is 9.90 Å². The molecule has 1 aromatic heterocycles. The highest BCUT2D eigenvalue weighted by molar-refractivity contribution is 5.79. The van der Waals surface area contributed by atoms with Crippen molar-refractivity contribution in [1.82, 2.24) is 10.3 Å². The summed E-state index contributed by atoms with van der Waals surface area (Å²) < 4.78 is 5.61. The van der Waals surface area contributed by atoms with E-state index in [1.54, 1.807) is 4.90 Å². The summed E-state index contributed by atoms with van der Waals surface area (Å²) in [4.78, 5) is 17.2. The number of nitrogens with zero attached hydrogens (tertiary/aromatic N) is 2. The van der Waals surface area contributed by atoms with E-state index in [1.807, 2.05) is 24.3 Å². The molecular weight excluding hydrogens is 234 g/mol. The maximum Gasteiger partial charge on any atom is 0.327 e. The van der Waals surface area contributed by atoms with E-state index in [4.69, 9.17) is 4.42 Å². The number of piperazine rings is 1. The number of para-hydroxylation sites is 2. The number of carboxylic acid groups (broad SMARTS) is 1. The Morgan fingerprint density at radius 2 is 2.33 bits per heavy atom. The zero-order chi connectivity index (χ0) is 12.5. The standard InChI is InChI=1S/C12H13N3O3/c16-11(17)9-7-13-5-6-15(9)12-14-8-3-1-2-4-10(8)18-12/h1-4,9,13H,5-7H2,(H,16,17)/t9-/m1/s1. The quantitative estimate of drug-likeness (QED) is 0.813. The van der Waals surface area contributed by atoms with Gasteiger partial charge in [0.25, 0.3) is 6.01 Å². The molecule has 1 aliphatic rings. The third kappa shape index (κ3) is 1.80. The molecule has 1 atom stereocenters. The number of hydrogen-bond acceptors (Lipinski definition) is 5. The molecule has 0 bridgehead atoms. The smallest absolute Gasteiger partial charge is 0.327 e. The van der Waals surface area contributed by atoms with Gasteiger partial charge in [-0.2, -0.15) is 4.98 Å². The Morgan fingerprint density at radius 3 is 3.11 bits per heavy atom. The van der Waals surface area contributed by atoms with Crippen LogP contribution in [0.4, 0.5) is 6.01 Å². The lowest BCUT2D eigenvalue weighted by Crippen LogP contribution is -2.55. The number of fused-ring (bicyclic) bond motifs is 1. The summed E-state index contributed by atoms with van der Waals surface area (Å²) in [6.45, 7) is 1.69. The molecule has 1 saturated heterocycles. The van der Waals surface area contributed by atoms with Crippen LogP contribution in [0.15, 0.2) is 28.7 Å². The molecule has 0 amide bonds. The van der Waals surface area contributed by atoms with E-state index in [-0.39, 0.29) is 0 Å². The number of oxazole rings is 1. The summed E-state index contributed by atoms with van der Waals surface area (Å²) in [5.74, 6) is -0.871. The summed E-state index contributed by atoms with van der Waals surface area (Å²) in [6, 6.07) is 7.16. The van der Waals surface area contributed by atoms with Gasteiger partial charge in [-0.15, -0.1) is 0 Å². The normalized spacial score (nSPS) is 20.2. The van der Waals surface area contributed by atoms with Crippen LogP contribution < -0.4 is 10.2 Å². The van der Waals surface area contributed by atoms with Gasteiger partial charge in [0, 0.05) is 19.6 Å². The second-order valence-corrected chi connectivity index (χ2v) is 4.22. The van der Waals surface area contributed by atoms with Gasteiger partial charge >= 0.3 is 5.97 Å². The van der Waals surface area contributed by atoms with E-state index >= 15 is 0 Å². The maximum atomic E-state index is 11.2. The van der Waals surface area contributed by atoms with Crippen molar-refractivity contribution in [2.75, 3.05) is 24.5 Å². The lowest BCUT2D eigenvalue weighted by molar-refractivity contribution is -0.138. The average Bonchev–Trinajstić information content (AvgIpc) is 2.82. The highest BCUT2D eigenvalue weighted by Gasteiger charge is 2.31. The zero-order valence-electron chi connectivity index (χ0n) is 9.67. The molecule has 6 heteroatoms. The van der Waals surface area contributed by atoms with E-state index < -0.39 is 12.0 Å². The molecule has 3 rings (SSSR count). The maximum absolute atomic E-state index is 11.2. The van der Waals surface area contributed by atoms with E-state index in [2.05, 4.69) is 10.3 Å². The van der Waals surface area contributed by atoms with Gasteiger partial charge in [0.15, 0.2) is 5.58 Å². The first-order valence-corrected chi connectivity index (χ1v) is 5.81. The molecule has 2 aromatic rings. The lowest BCUT2D eigenvalue weighted by Gasteiger charge is -2.31. The fraction of sp³-hybridized carbons (Fsp3) is 0.333. The van der Waals surface area contributed by atoms with E-state index in [1.165, 1.54) is 0 Å². The number of hydrogen-bond donors (Lipinski definition) is 2. The van der Waals surface area contributed by atoms with Crippen LogP contribution >= 0.6 is 0 Å². The molecule has 1 fully saturated rings. The van der Waals surface area contributed by atoms with Crippen molar-refractivity contribution in [2.24, 2.45) is 0 Å². The minimum atomic E-state index is -0.871. The molecule has 18 heavy (non-hydrogen) atoms. The van der Waals surface area contributed by atoms with Gasteiger partial charge in [-0.3, -0.25) is 0 Å². The molecule has 0 saturated carbocycles. The lowest BCUT2D eigenvalue weighted by atomic mass is 10.2. The minimum Gasteiger partial charge on any atom is -0.480 e. The number of rotatable bonds is 2. The Morgan fingerprint density at radius 1 is 1.50 bits per heavy atom. The molecule has 94 valence electrons. The Hall–Kier alpha value is -2.08. The van der Waals surface area contributed by atoms with Crippen molar-refractivity contribution in [3.8, 4) is 0 Å². The second kappa shape index (κ2) is 4.30. The SMILES string of the molecule is O=C(O)[C@H]1CNCCN1c1nc2ccccc2o1. The van der Waals surface area contributed by atoms with Gasteiger partial charge in [0.05, 0.1) is 0 Å². The van der Waals surface area contributed by atoms with Crippen molar-refractivity contribution in [2.45, 2.75) is 6.04 Å². The molecular formula is C12H13N3O3. The minimum absolute atomic E-state index is 0.380. The van der Waals surface area contributed by atoms with Crippen molar-refractivity contribution in [3.05, 3.63) is 24.3 Å². The number of nitrogens with one attached hydrogen (secondary N) is 1. The average molecular weight is 247 g/mol. The second-order valence-electron chi connectivity index (χ2n) is 4.22. The van der Waals surface area contributed by atoms with Crippen molar-refractivity contribution < 1.29 is 14.3 Å². The van der Waals surface area contributed by atoms with Gasteiger partial charge in [0.2, 0.25) is 0 Å². The summed E-state index contributed by atoms with van der Waals surface area (Å²) in [7, 11) is 0. The monoisotopic (exact) mass is 247 g/mol. The highest BCUT2D eigenvalue weighted by Crippen LogP contribution is 2.23. The summed E-state index contributed by atoms with van der Waals surface area (Å²) in [6.07, 6.45) is 0. The Labute approximate surface area is 103 Å². The summed E-state index contributed by atoms with van der Waals surface area (Å²) in [5.41, 5.74) is 1.42. The molecule has 2 N–H and O–H groups in total. The Kier molecular flexibility index (Phi) is 2.64. The fourth-order valence-electron chi connectivity index (χ4n) is 2.14. The predicted molar refractivity (Wildman–Crippen MR) is 65.6 cm³/mol. The van der Waals surface area contributed by atoms with Crippen LogP contribution in [0.25, 0.3) is 11.1 Å². The van der Waals surface area contributed by atoms with Crippen LogP contribution in [0.3, 0.4) is 0 Å². The van der Waals surface area contributed by atoms with Gasteiger partial charge < -0.3 is 19.7 Å². The molecule has 0 unspecified atom stereocenters. The van der Waals surface area contributed by atoms with Crippen LogP contribution in [-0.2, 0) is 4.79 Å². The number of carbonyl (C=O) groups is 1. The van der Waals surface area contributed by atoms with Gasteiger partial charge in [-0.25, -0.2) is 4.79 Å². The molecule has 6 nitrogen and oxygen atoms in total. The number of aromatic nitrogens is 1. The van der Waals surface area contributed by atoms with Crippen molar-refractivity contribution in [3.63, 3.8) is 0 Å². The van der Waals surface area contributed by atoms with E-state index in [0.717, 1.165) is 12.1 Å². The first-order chi connectivity index (χ1) is 8.75. The summed E-state index contributed by atoms with van der Waals surface area (Å²) in [5, 5.41) is 12.3. The van der Waals surface area contributed by atoms with Crippen molar-refractivity contribution >= 4 is 23.1 Å². The largest absolute Gasteiger partial charge is 0.480 e. The molecule has 0 radical (unpaired) electrons. The van der Waals surface area contributed by atoms with Crippen LogP contribution in [-0.4, -0.2) is 41.7 Å². The van der Waals surface area contributed by atoms with Crippen LogP contribution in [0, 0.1) is 0 Å². The van der Waals surface area contributed by atoms with Gasteiger partial charge in [-0.05, 0) is 12.1 Å². The molecule has 1 aromatic carbocycles. The van der Waals surface area contributed by atoms with Crippen LogP contribution in [0.2, 0.25) is 0 Å². The van der Waals surface area contributed by atoms with Crippen LogP contribution in [0.5, 0.6) is 0 Å². The predicted octanol–water partition coefficient (Wildman–Crippen LogP) is 0.691. The van der Waals surface area contributed by atoms with Gasteiger partial charge in [-0.1, -0.05) is 12.1 Å². The number of benzene rings is 1. The fourth-order valence-corrected chi connectivity index (χ4v) is 2.14. The zero-order valence-corrected chi connectivity index (χ0v) is 9.67. The summed E-state index contributed by atoms with van der Waals surface area (Å²) >= 11 is 0. The van der Waals surface area contributed by atoms with Crippen LogP contribution in [0.1, 0.15) is 0 Å². The third-order valence-corrected chi connectivity index (χ3v) is 3.06. The highest BCUT2D eigenvalue weighted by atomic mass is 16.4. The number of carboxylic acids is 1. The third-order valence-electron chi connectivity index (χ3n) is 3.06. The topological polar surface area (TPSA) is 78.6 Å². The van der Waals surface area contributed by atoms with E-state index in [0.29, 0.717) is 24.7 Å². The van der Waals surface area contributed by atoms with Gasteiger partial charge in [0.1, 0.15) is 11.6 Å². The first-order valence-electron chi connectivity index (χ1n) is 5.81. The first kappa shape index (κ1) is 11.0. The Bertz CT molecular complexity index is 548.